The van der Waals surface area contributed by atoms with E-state index in [1.165, 1.54) is 31.4 Å². The molecule has 3 rings (SSSR count). The van der Waals surface area contributed by atoms with Crippen molar-refractivity contribution < 1.29 is 17.9 Å². The smallest absolute Gasteiger partial charge is 0.324 e. The van der Waals surface area contributed by atoms with Crippen LogP contribution in [0.2, 0.25) is 5.02 Å². The van der Waals surface area contributed by atoms with E-state index in [-0.39, 0.29) is 11.3 Å². The zero-order valence-corrected chi connectivity index (χ0v) is 15.5. The van der Waals surface area contributed by atoms with E-state index in [2.05, 4.69) is 9.71 Å². The van der Waals surface area contributed by atoms with Gasteiger partial charge in [0.05, 0.1) is 12.0 Å². The van der Waals surface area contributed by atoms with Crippen LogP contribution in [0.4, 0.5) is 0 Å². The van der Waals surface area contributed by atoms with E-state index in [1.54, 1.807) is 6.20 Å². The third-order valence-corrected chi connectivity index (χ3v) is 5.75. The number of benzene rings is 2. The lowest BCUT2D eigenvalue weighted by Crippen LogP contribution is -2.42. The summed E-state index contributed by atoms with van der Waals surface area (Å²) in [6.07, 6.45) is 1.92. The molecule has 0 amide bonds. The molecule has 1 aromatic heterocycles. The number of para-hydroxylation sites is 1. The fourth-order valence-electron chi connectivity index (χ4n) is 2.70. The SMILES string of the molecule is COC(=O)[C@H](Cc1c[nH]c2ccccc12)NS(=O)(=O)c1ccc(Cl)cc1. The van der Waals surface area contributed by atoms with Gasteiger partial charge in [-0.15, -0.1) is 0 Å². The van der Waals surface area contributed by atoms with Gasteiger partial charge in [0.15, 0.2) is 0 Å². The second kappa shape index (κ2) is 7.49. The number of hydrogen-bond donors (Lipinski definition) is 2. The first-order chi connectivity index (χ1) is 12.4. The largest absolute Gasteiger partial charge is 0.468 e. The molecular formula is C18H17ClN2O4S. The maximum atomic E-state index is 12.6. The molecule has 1 heterocycles. The molecule has 0 saturated carbocycles. The first kappa shape index (κ1) is 18.4. The predicted octanol–water partition coefficient (Wildman–Crippen LogP) is 2.88. The highest BCUT2D eigenvalue weighted by Gasteiger charge is 2.27. The molecule has 6 nitrogen and oxygen atoms in total. The maximum absolute atomic E-state index is 12.6. The Hall–Kier alpha value is -2.35. The van der Waals surface area contributed by atoms with Gasteiger partial charge in [0.2, 0.25) is 10.0 Å². The summed E-state index contributed by atoms with van der Waals surface area (Å²) in [7, 11) is -2.68. The van der Waals surface area contributed by atoms with Gasteiger partial charge in [0.25, 0.3) is 0 Å². The quantitative estimate of drug-likeness (QED) is 0.631. The predicted molar refractivity (Wildman–Crippen MR) is 99.6 cm³/mol. The van der Waals surface area contributed by atoms with E-state index in [1.807, 2.05) is 24.3 Å². The standard InChI is InChI=1S/C18H17ClN2O4S/c1-25-18(22)17(10-12-11-20-16-5-3-2-4-15(12)16)21-26(23,24)14-8-6-13(19)7-9-14/h2-9,11,17,20-21H,10H2,1H3/t17-/m0/s1. The van der Waals surface area contributed by atoms with Gasteiger partial charge in [-0.1, -0.05) is 29.8 Å². The number of esters is 1. The monoisotopic (exact) mass is 392 g/mol. The second-order valence-electron chi connectivity index (χ2n) is 5.71. The molecule has 0 saturated heterocycles. The first-order valence-corrected chi connectivity index (χ1v) is 9.67. The van der Waals surface area contributed by atoms with Crippen molar-refractivity contribution in [3.8, 4) is 0 Å². The van der Waals surface area contributed by atoms with Gasteiger partial charge in [0.1, 0.15) is 6.04 Å². The summed E-state index contributed by atoms with van der Waals surface area (Å²) in [4.78, 5) is 15.3. The average molecular weight is 393 g/mol. The Balaban J connectivity index is 1.89. The number of halogens is 1. The highest BCUT2D eigenvalue weighted by Crippen LogP contribution is 2.20. The normalized spacial score (nSPS) is 12.8. The Kier molecular flexibility index (Phi) is 5.31. The molecule has 8 heteroatoms. The van der Waals surface area contributed by atoms with Gasteiger partial charge >= 0.3 is 5.97 Å². The minimum atomic E-state index is -3.91. The van der Waals surface area contributed by atoms with Crippen LogP contribution in [0, 0.1) is 0 Å². The summed E-state index contributed by atoms with van der Waals surface area (Å²) >= 11 is 5.80. The van der Waals surface area contributed by atoms with Crippen LogP contribution >= 0.6 is 11.6 Å². The number of carbonyl (C=O) groups is 1. The van der Waals surface area contributed by atoms with Crippen molar-refractivity contribution in [2.45, 2.75) is 17.4 Å². The lowest BCUT2D eigenvalue weighted by Gasteiger charge is -2.16. The number of hydrogen-bond acceptors (Lipinski definition) is 4. The number of aromatic amines is 1. The molecule has 2 aromatic carbocycles. The Morgan fingerprint density at radius 3 is 2.58 bits per heavy atom. The summed E-state index contributed by atoms with van der Waals surface area (Å²) in [6.45, 7) is 0. The number of fused-ring (bicyclic) bond motifs is 1. The Bertz CT molecular complexity index is 1030. The number of rotatable bonds is 6. The van der Waals surface area contributed by atoms with Crippen molar-refractivity contribution in [1.29, 1.82) is 0 Å². The minimum Gasteiger partial charge on any atom is -0.468 e. The molecule has 0 bridgehead atoms. The molecule has 0 aliphatic rings. The first-order valence-electron chi connectivity index (χ1n) is 7.81. The third-order valence-electron chi connectivity index (χ3n) is 4.01. The summed E-state index contributed by atoms with van der Waals surface area (Å²) < 4.78 is 32.4. The zero-order chi connectivity index (χ0) is 18.7. The van der Waals surface area contributed by atoms with Gasteiger partial charge in [-0.2, -0.15) is 4.72 Å². The Labute approximate surface area is 156 Å². The van der Waals surface area contributed by atoms with Crippen molar-refractivity contribution in [2.24, 2.45) is 0 Å². The summed E-state index contributed by atoms with van der Waals surface area (Å²) in [5.74, 6) is -0.659. The van der Waals surface area contributed by atoms with Crippen LogP contribution < -0.4 is 4.72 Å². The molecule has 0 unspecified atom stereocenters. The van der Waals surface area contributed by atoms with Crippen LogP contribution in [0.3, 0.4) is 0 Å². The lowest BCUT2D eigenvalue weighted by molar-refractivity contribution is -0.142. The number of carbonyl (C=O) groups excluding carboxylic acids is 1. The molecule has 0 aliphatic carbocycles. The molecule has 136 valence electrons. The van der Waals surface area contributed by atoms with Crippen molar-refractivity contribution in [3.05, 3.63) is 65.3 Å². The summed E-state index contributed by atoms with van der Waals surface area (Å²) in [5, 5.41) is 1.35. The average Bonchev–Trinajstić information content (AvgIpc) is 3.04. The molecule has 0 radical (unpaired) electrons. The molecule has 0 spiro atoms. The van der Waals surface area contributed by atoms with E-state index >= 15 is 0 Å². The minimum absolute atomic E-state index is 0.0229. The van der Waals surface area contributed by atoms with Gasteiger partial charge in [0, 0.05) is 28.5 Å². The van der Waals surface area contributed by atoms with E-state index in [4.69, 9.17) is 16.3 Å². The van der Waals surface area contributed by atoms with E-state index in [0.29, 0.717) is 5.02 Å². The molecular weight excluding hydrogens is 376 g/mol. The Morgan fingerprint density at radius 1 is 1.19 bits per heavy atom. The number of nitrogens with one attached hydrogen (secondary N) is 2. The van der Waals surface area contributed by atoms with Crippen LogP contribution in [-0.2, 0) is 26.0 Å². The fraction of sp³-hybridized carbons (Fsp3) is 0.167. The zero-order valence-electron chi connectivity index (χ0n) is 13.9. The fourth-order valence-corrected chi connectivity index (χ4v) is 4.02. The molecule has 0 fully saturated rings. The van der Waals surface area contributed by atoms with Crippen molar-refractivity contribution in [2.75, 3.05) is 7.11 Å². The van der Waals surface area contributed by atoms with Crippen molar-refractivity contribution in [3.63, 3.8) is 0 Å². The highest BCUT2D eigenvalue weighted by molar-refractivity contribution is 7.89. The summed E-state index contributed by atoms with van der Waals surface area (Å²) in [6, 6.07) is 12.2. The van der Waals surface area contributed by atoms with Crippen LogP contribution in [0.5, 0.6) is 0 Å². The second-order valence-corrected chi connectivity index (χ2v) is 7.86. The number of ether oxygens (including phenoxy) is 1. The van der Waals surface area contributed by atoms with Gasteiger partial charge < -0.3 is 9.72 Å². The highest BCUT2D eigenvalue weighted by atomic mass is 35.5. The van der Waals surface area contributed by atoms with Crippen molar-refractivity contribution >= 4 is 38.5 Å². The van der Waals surface area contributed by atoms with Crippen LogP contribution in [0.15, 0.2) is 59.6 Å². The lowest BCUT2D eigenvalue weighted by atomic mass is 10.1. The van der Waals surface area contributed by atoms with Crippen molar-refractivity contribution in [1.82, 2.24) is 9.71 Å². The number of methoxy groups -OCH3 is 1. The van der Waals surface area contributed by atoms with E-state index in [0.717, 1.165) is 16.5 Å². The molecule has 26 heavy (non-hydrogen) atoms. The number of H-pyrrole nitrogens is 1. The Morgan fingerprint density at radius 2 is 1.88 bits per heavy atom. The number of aromatic nitrogens is 1. The van der Waals surface area contributed by atoms with Crippen LogP contribution in [0.25, 0.3) is 10.9 Å². The van der Waals surface area contributed by atoms with Gasteiger partial charge in [-0.3, -0.25) is 4.79 Å². The summed E-state index contributed by atoms with van der Waals surface area (Å²) in [5.41, 5.74) is 1.72. The van der Waals surface area contributed by atoms with Gasteiger partial charge in [-0.25, -0.2) is 8.42 Å². The molecule has 1 atom stereocenters. The van der Waals surface area contributed by atoms with E-state index in [9.17, 15) is 13.2 Å². The maximum Gasteiger partial charge on any atom is 0.324 e. The van der Waals surface area contributed by atoms with Crippen LogP contribution in [0.1, 0.15) is 5.56 Å². The third kappa shape index (κ3) is 3.90. The molecule has 0 aliphatic heterocycles. The van der Waals surface area contributed by atoms with Crippen LogP contribution in [-0.4, -0.2) is 32.5 Å². The molecule has 2 N–H and O–H groups in total. The number of sulfonamides is 1. The van der Waals surface area contributed by atoms with E-state index < -0.39 is 22.0 Å². The van der Waals surface area contributed by atoms with Gasteiger partial charge in [-0.05, 0) is 35.9 Å². The topological polar surface area (TPSA) is 88.3 Å². The molecule has 3 aromatic rings.